The summed E-state index contributed by atoms with van der Waals surface area (Å²) >= 11 is 0. The fourth-order valence-electron chi connectivity index (χ4n) is 5.06. The largest absolute Gasteiger partial charge is 0.351 e. The van der Waals surface area contributed by atoms with Crippen LogP contribution >= 0.6 is 24.0 Å². The molecule has 33 heavy (non-hydrogen) atoms. The molecule has 2 aromatic heterocycles. The number of aryl methyl sites for hydroxylation is 1. The van der Waals surface area contributed by atoms with E-state index < -0.39 is 0 Å². The molecule has 0 bridgehead atoms. The minimum Gasteiger partial charge on any atom is -0.351 e. The number of piperazine rings is 1. The number of hydrogen-bond donors (Lipinski definition) is 1. The Bertz CT molecular complexity index is 957. The summed E-state index contributed by atoms with van der Waals surface area (Å²) in [5.74, 6) is 2.38. The van der Waals surface area contributed by atoms with Crippen LogP contribution in [0.25, 0.3) is 5.65 Å². The number of likely N-dealkylation sites (tertiary alicyclic amines) is 1. The second kappa shape index (κ2) is 11.5. The van der Waals surface area contributed by atoms with Crippen LogP contribution in [0.1, 0.15) is 31.7 Å². The van der Waals surface area contributed by atoms with Gasteiger partial charge in [0.25, 0.3) is 0 Å². The van der Waals surface area contributed by atoms with Gasteiger partial charge in [-0.15, -0.1) is 24.0 Å². The van der Waals surface area contributed by atoms with Crippen LogP contribution in [0.15, 0.2) is 29.4 Å². The third-order valence-corrected chi connectivity index (χ3v) is 6.64. The lowest BCUT2D eigenvalue weighted by Crippen LogP contribution is -2.55. The first-order chi connectivity index (χ1) is 15.4. The molecule has 4 heterocycles. The van der Waals surface area contributed by atoms with Crippen LogP contribution < -0.4 is 5.32 Å². The molecule has 2 aliphatic rings. The normalized spacial score (nSPS) is 22.4. The minimum atomic E-state index is 0. The topological polar surface area (TPSA) is 68.5 Å². The molecule has 2 fully saturated rings. The predicted molar refractivity (Wildman–Crippen MR) is 143 cm³/mol. The number of halogens is 1. The molecule has 2 saturated heterocycles. The van der Waals surface area contributed by atoms with E-state index in [4.69, 9.17) is 4.98 Å². The number of carbonyl (C=O) groups is 1. The number of guanidine groups is 1. The van der Waals surface area contributed by atoms with Crippen LogP contribution in [0.4, 0.5) is 0 Å². The number of imidazole rings is 1. The van der Waals surface area contributed by atoms with Crippen molar-refractivity contribution in [2.24, 2.45) is 16.8 Å². The molecule has 0 spiro atoms. The zero-order valence-electron chi connectivity index (χ0n) is 20.3. The van der Waals surface area contributed by atoms with Crippen molar-refractivity contribution in [1.82, 2.24) is 29.4 Å². The van der Waals surface area contributed by atoms with Gasteiger partial charge in [0.15, 0.2) is 5.96 Å². The summed E-state index contributed by atoms with van der Waals surface area (Å²) in [5, 5.41) is 3.46. The van der Waals surface area contributed by atoms with Gasteiger partial charge in [0, 0.05) is 58.2 Å². The monoisotopic (exact) mass is 567 g/mol. The van der Waals surface area contributed by atoms with Crippen molar-refractivity contribution in [2.75, 3.05) is 52.9 Å². The highest BCUT2D eigenvalue weighted by Gasteiger charge is 2.28. The van der Waals surface area contributed by atoms with Gasteiger partial charge < -0.3 is 19.5 Å². The van der Waals surface area contributed by atoms with Crippen molar-refractivity contribution < 1.29 is 4.79 Å². The van der Waals surface area contributed by atoms with Gasteiger partial charge in [0.2, 0.25) is 5.91 Å². The zero-order chi connectivity index (χ0) is 22.7. The van der Waals surface area contributed by atoms with Gasteiger partial charge in [-0.1, -0.05) is 19.9 Å². The van der Waals surface area contributed by atoms with E-state index >= 15 is 0 Å². The quantitative estimate of drug-likeness (QED) is 0.350. The number of carbonyl (C=O) groups excluding carboxylic acids is 1. The van der Waals surface area contributed by atoms with Gasteiger partial charge in [-0.25, -0.2) is 4.98 Å². The number of fused-ring (bicyclic) bond motifs is 1. The number of nitrogens with one attached hydrogen (secondary N) is 1. The van der Waals surface area contributed by atoms with Crippen molar-refractivity contribution in [3.8, 4) is 0 Å². The molecule has 0 saturated carbocycles. The highest BCUT2D eigenvalue weighted by atomic mass is 127. The number of aromatic nitrogens is 2. The average molecular weight is 568 g/mol. The summed E-state index contributed by atoms with van der Waals surface area (Å²) in [7, 11) is 1.82. The standard InChI is InChI=1S/C24H37N7O.HI/c1-18-12-19(2)15-30(14-18)23(32)17-28-8-10-29(11-9-28)24(25-4)26-13-21-16-31-20(3)6-5-7-22(31)27-21;/h5-7,16,18-19H,8-15,17H2,1-4H3,(H,25,26);1H. The molecule has 2 atom stereocenters. The summed E-state index contributed by atoms with van der Waals surface area (Å²) in [4.78, 5) is 28.6. The Hall–Kier alpha value is -1.88. The molecule has 0 aromatic carbocycles. The van der Waals surface area contributed by atoms with E-state index in [1.165, 1.54) is 12.1 Å². The van der Waals surface area contributed by atoms with Crippen LogP contribution in [0, 0.1) is 18.8 Å². The minimum absolute atomic E-state index is 0. The number of rotatable bonds is 4. The Morgan fingerprint density at radius 3 is 2.45 bits per heavy atom. The third kappa shape index (κ3) is 6.38. The van der Waals surface area contributed by atoms with Crippen LogP contribution in [-0.4, -0.2) is 88.8 Å². The smallest absolute Gasteiger partial charge is 0.236 e. The number of piperidine rings is 1. The number of aliphatic imine (C=N–C) groups is 1. The van der Waals surface area contributed by atoms with Crippen LogP contribution in [-0.2, 0) is 11.3 Å². The van der Waals surface area contributed by atoms with Gasteiger partial charge in [0.05, 0.1) is 18.8 Å². The molecular formula is C24H38IN7O. The molecule has 2 unspecified atom stereocenters. The lowest BCUT2D eigenvalue weighted by Gasteiger charge is -2.39. The second-order valence-electron chi connectivity index (χ2n) is 9.54. The molecule has 4 rings (SSSR count). The van der Waals surface area contributed by atoms with E-state index in [2.05, 4.69) is 62.4 Å². The van der Waals surface area contributed by atoms with E-state index in [9.17, 15) is 4.79 Å². The van der Waals surface area contributed by atoms with E-state index in [1.807, 2.05) is 19.2 Å². The summed E-state index contributed by atoms with van der Waals surface area (Å²) in [6.45, 7) is 13.0. The average Bonchev–Trinajstić information content (AvgIpc) is 3.19. The maximum Gasteiger partial charge on any atom is 0.236 e. The van der Waals surface area contributed by atoms with E-state index in [0.29, 0.717) is 24.9 Å². The number of amides is 1. The highest BCUT2D eigenvalue weighted by Crippen LogP contribution is 2.21. The Morgan fingerprint density at radius 2 is 1.82 bits per heavy atom. The highest BCUT2D eigenvalue weighted by molar-refractivity contribution is 14.0. The van der Waals surface area contributed by atoms with Gasteiger partial charge in [0.1, 0.15) is 5.65 Å². The van der Waals surface area contributed by atoms with E-state index in [0.717, 1.165) is 56.6 Å². The maximum atomic E-state index is 12.8. The van der Waals surface area contributed by atoms with Gasteiger partial charge in [-0.05, 0) is 37.3 Å². The summed E-state index contributed by atoms with van der Waals surface area (Å²) in [5.41, 5.74) is 3.13. The van der Waals surface area contributed by atoms with Crippen LogP contribution in [0.2, 0.25) is 0 Å². The number of pyridine rings is 1. The molecule has 2 aromatic rings. The molecule has 0 radical (unpaired) electrons. The third-order valence-electron chi connectivity index (χ3n) is 6.64. The molecule has 0 aliphatic carbocycles. The Balaban J connectivity index is 0.00000306. The summed E-state index contributed by atoms with van der Waals surface area (Å²) in [6, 6.07) is 6.14. The molecule has 2 aliphatic heterocycles. The molecule has 182 valence electrons. The Labute approximate surface area is 214 Å². The maximum absolute atomic E-state index is 12.8. The lowest BCUT2D eigenvalue weighted by molar-refractivity contribution is -0.135. The molecule has 9 heteroatoms. The van der Waals surface area contributed by atoms with Gasteiger partial charge in [-0.2, -0.15) is 0 Å². The molecule has 1 amide bonds. The van der Waals surface area contributed by atoms with Crippen molar-refractivity contribution in [3.05, 3.63) is 35.8 Å². The fourth-order valence-corrected chi connectivity index (χ4v) is 5.06. The van der Waals surface area contributed by atoms with E-state index in [-0.39, 0.29) is 29.9 Å². The number of nitrogens with zero attached hydrogens (tertiary/aromatic N) is 6. The summed E-state index contributed by atoms with van der Waals surface area (Å²) in [6.07, 6.45) is 3.31. The SMILES string of the molecule is CN=C(NCc1cn2c(C)cccc2n1)N1CCN(CC(=O)N2CC(C)CC(C)C2)CC1.I. The molecule has 1 N–H and O–H groups in total. The van der Waals surface area contributed by atoms with Crippen molar-refractivity contribution in [1.29, 1.82) is 0 Å². The zero-order valence-corrected chi connectivity index (χ0v) is 22.7. The first-order valence-corrected chi connectivity index (χ1v) is 11.8. The lowest BCUT2D eigenvalue weighted by atomic mass is 9.92. The van der Waals surface area contributed by atoms with Crippen LogP contribution in [0.5, 0.6) is 0 Å². The Kier molecular flexibility index (Phi) is 8.97. The van der Waals surface area contributed by atoms with Crippen molar-refractivity contribution >= 4 is 41.5 Å². The predicted octanol–water partition coefficient (Wildman–Crippen LogP) is 2.46. The first kappa shape index (κ1) is 25.7. The molecule has 8 nitrogen and oxygen atoms in total. The van der Waals surface area contributed by atoms with Crippen molar-refractivity contribution in [3.63, 3.8) is 0 Å². The van der Waals surface area contributed by atoms with Gasteiger partial charge >= 0.3 is 0 Å². The van der Waals surface area contributed by atoms with Gasteiger partial charge in [-0.3, -0.25) is 14.7 Å². The second-order valence-corrected chi connectivity index (χ2v) is 9.54. The first-order valence-electron chi connectivity index (χ1n) is 11.8. The molecular weight excluding hydrogens is 529 g/mol. The fraction of sp³-hybridized carbons (Fsp3) is 0.625. The van der Waals surface area contributed by atoms with Crippen LogP contribution in [0.3, 0.4) is 0 Å². The van der Waals surface area contributed by atoms with Crippen molar-refractivity contribution in [2.45, 2.75) is 33.7 Å². The van der Waals surface area contributed by atoms with E-state index in [1.54, 1.807) is 0 Å². The Morgan fingerprint density at radius 1 is 1.12 bits per heavy atom. The summed E-state index contributed by atoms with van der Waals surface area (Å²) < 4.78 is 2.11. The number of hydrogen-bond acceptors (Lipinski definition) is 4.